The molecule has 2 rings (SSSR count). The predicted molar refractivity (Wildman–Crippen MR) is 51.6 cm³/mol. The molecule has 0 radical (unpaired) electrons. The molecule has 92 valence electrons. The van der Waals surface area contributed by atoms with Gasteiger partial charge >= 0.3 is 0 Å². The molecular formula is C10H8F4N2O. The van der Waals surface area contributed by atoms with Crippen LogP contribution in [-0.2, 0) is 0 Å². The van der Waals surface area contributed by atoms with Gasteiger partial charge in [-0.2, -0.15) is 0 Å². The number of halogens is 4. The number of carbonyl (C=O) groups excluding carboxylic acids is 1. The summed E-state index contributed by atoms with van der Waals surface area (Å²) in [5.74, 6) is -5.92. The molecular weight excluding hydrogens is 240 g/mol. The van der Waals surface area contributed by atoms with Gasteiger partial charge in [0.05, 0.1) is 13.1 Å². The summed E-state index contributed by atoms with van der Waals surface area (Å²) >= 11 is 0. The Bertz CT molecular complexity index is 458. The lowest BCUT2D eigenvalue weighted by atomic mass is 10.1. The summed E-state index contributed by atoms with van der Waals surface area (Å²) in [6.07, 6.45) is 0. The van der Waals surface area contributed by atoms with Crippen molar-refractivity contribution in [2.45, 2.75) is 5.92 Å². The minimum Gasteiger partial charge on any atom is -0.394 e. The smallest absolute Gasteiger partial charge is 0.282 e. The third kappa shape index (κ3) is 2.04. The number of carbonyl (C=O) groups is 1. The van der Waals surface area contributed by atoms with Crippen LogP contribution in [0.5, 0.6) is 0 Å². The van der Waals surface area contributed by atoms with Crippen molar-refractivity contribution in [1.29, 1.82) is 0 Å². The lowest BCUT2D eigenvalue weighted by Gasteiger charge is -2.38. The van der Waals surface area contributed by atoms with E-state index in [2.05, 4.69) is 0 Å². The number of nitrogen functional groups attached to an aromatic ring is 1. The number of anilines is 1. The molecule has 0 bridgehead atoms. The standard InChI is InChI=1S/C10H8F4N2O/c11-6-1-5(2-7(12)8(6)15)9(17)16-3-10(13,14)4-16/h1-2H,3-4,15H2. The Morgan fingerprint density at radius 3 is 2.12 bits per heavy atom. The van der Waals surface area contributed by atoms with Gasteiger partial charge in [0.25, 0.3) is 11.8 Å². The van der Waals surface area contributed by atoms with Gasteiger partial charge in [-0.3, -0.25) is 4.79 Å². The molecule has 0 aromatic heterocycles. The largest absolute Gasteiger partial charge is 0.394 e. The van der Waals surface area contributed by atoms with E-state index in [1.54, 1.807) is 0 Å². The summed E-state index contributed by atoms with van der Waals surface area (Å²) in [6.45, 7) is -1.47. The maximum absolute atomic E-state index is 13.1. The fraction of sp³-hybridized carbons (Fsp3) is 0.300. The van der Waals surface area contributed by atoms with Gasteiger partial charge in [-0.15, -0.1) is 0 Å². The average molecular weight is 248 g/mol. The molecule has 7 heteroatoms. The molecule has 1 fully saturated rings. The fourth-order valence-electron chi connectivity index (χ4n) is 1.55. The first-order valence-corrected chi connectivity index (χ1v) is 4.72. The van der Waals surface area contributed by atoms with E-state index in [1.807, 2.05) is 0 Å². The van der Waals surface area contributed by atoms with Gasteiger partial charge in [-0.1, -0.05) is 0 Å². The van der Waals surface area contributed by atoms with Crippen molar-refractivity contribution in [3.8, 4) is 0 Å². The zero-order valence-corrected chi connectivity index (χ0v) is 8.51. The molecule has 1 aromatic rings. The number of hydrogen-bond donors (Lipinski definition) is 1. The monoisotopic (exact) mass is 248 g/mol. The molecule has 1 amide bonds. The Hall–Kier alpha value is -1.79. The van der Waals surface area contributed by atoms with Gasteiger partial charge in [0.15, 0.2) is 0 Å². The van der Waals surface area contributed by atoms with Crippen molar-refractivity contribution in [2.24, 2.45) is 0 Å². The van der Waals surface area contributed by atoms with Gasteiger partial charge in [-0.25, -0.2) is 17.6 Å². The minimum atomic E-state index is -2.92. The molecule has 3 nitrogen and oxygen atoms in total. The Kier molecular flexibility index (Phi) is 2.48. The molecule has 2 N–H and O–H groups in total. The first kappa shape index (κ1) is 11.7. The lowest BCUT2D eigenvalue weighted by molar-refractivity contribution is -0.113. The number of likely N-dealkylation sites (tertiary alicyclic amines) is 1. The minimum absolute atomic E-state index is 0.329. The Labute approximate surface area is 93.8 Å². The molecule has 1 heterocycles. The fourth-order valence-corrected chi connectivity index (χ4v) is 1.55. The zero-order valence-electron chi connectivity index (χ0n) is 8.51. The molecule has 1 aromatic carbocycles. The summed E-state index contributed by atoms with van der Waals surface area (Å²) in [5, 5.41) is 0. The summed E-state index contributed by atoms with van der Waals surface area (Å²) in [6, 6.07) is 1.47. The highest BCUT2D eigenvalue weighted by molar-refractivity contribution is 5.95. The second kappa shape index (κ2) is 3.61. The molecule has 0 aliphatic carbocycles. The average Bonchev–Trinajstić information content (AvgIpc) is 2.20. The summed E-state index contributed by atoms with van der Waals surface area (Å²) in [4.78, 5) is 12.4. The SMILES string of the molecule is Nc1c(F)cc(C(=O)N2CC(F)(F)C2)cc1F. The van der Waals surface area contributed by atoms with E-state index in [0.717, 1.165) is 17.0 Å². The van der Waals surface area contributed by atoms with Crippen molar-refractivity contribution in [2.75, 3.05) is 18.8 Å². The Morgan fingerprint density at radius 1 is 1.24 bits per heavy atom. The Balaban J connectivity index is 2.21. The van der Waals surface area contributed by atoms with Crippen LogP contribution in [0.25, 0.3) is 0 Å². The van der Waals surface area contributed by atoms with Crippen LogP contribution in [0.15, 0.2) is 12.1 Å². The summed E-state index contributed by atoms with van der Waals surface area (Å²) < 4.78 is 51.2. The van der Waals surface area contributed by atoms with E-state index in [4.69, 9.17) is 5.73 Å². The molecule has 0 saturated carbocycles. The normalized spacial score (nSPS) is 17.8. The van der Waals surface area contributed by atoms with Gasteiger partial charge in [0.2, 0.25) is 0 Å². The van der Waals surface area contributed by atoms with Crippen LogP contribution in [0.1, 0.15) is 10.4 Å². The number of nitrogens with two attached hydrogens (primary N) is 1. The van der Waals surface area contributed by atoms with E-state index in [0.29, 0.717) is 0 Å². The number of benzene rings is 1. The van der Waals surface area contributed by atoms with E-state index in [9.17, 15) is 22.4 Å². The lowest BCUT2D eigenvalue weighted by Crippen LogP contribution is -2.58. The highest BCUT2D eigenvalue weighted by Gasteiger charge is 2.46. The summed E-state index contributed by atoms with van der Waals surface area (Å²) in [7, 11) is 0. The van der Waals surface area contributed by atoms with Crippen molar-refractivity contribution in [3.05, 3.63) is 29.3 Å². The van der Waals surface area contributed by atoms with Crippen LogP contribution < -0.4 is 5.73 Å². The van der Waals surface area contributed by atoms with E-state index in [1.165, 1.54) is 0 Å². The van der Waals surface area contributed by atoms with Gasteiger partial charge in [0.1, 0.15) is 17.3 Å². The highest BCUT2D eigenvalue weighted by Crippen LogP contribution is 2.28. The maximum Gasteiger partial charge on any atom is 0.282 e. The second-order valence-corrected chi connectivity index (χ2v) is 3.87. The van der Waals surface area contributed by atoms with Gasteiger partial charge in [0, 0.05) is 5.56 Å². The van der Waals surface area contributed by atoms with Crippen molar-refractivity contribution < 1.29 is 22.4 Å². The number of alkyl halides is 2. The van der Waals surface area contributed by atoms with Crippen LogP contribution >= 0.6 is 0 Å². The van der Waals surface area contributed by atoms with Crippen LogP contribution in [0.2, 0.25) is 0 Å². The quantitative estimate of drug-likeness (QED) is 0.606. The predicted octanol–water partition coefficient (Wildman–Crippen LogP) is 1.64. The number of nitrogens with zero attached hydrogens (tertiary/aromatic N) is 1. The van der Waals surface area contributed by atoms with Crippen molar-refractivity contribution >= 4 is 11.6 Å². The third-order valence-electron chi connectivity index (χ3n) is 2.46. The molecule has 1 aliphatic heterocycles. The second-order valence-electron chi connectivity index (χ2n) is 3.87. The van der Waals surface area contributed by atoms with Crippen LogP contribution in [0.4, 0.5) is 23.2 Å². The highest BCUT2D eigenvalue weighted by atomic mass is 19.3. The molecule has 0 unspecified atom stereocenters. The van der Waals surface area contributed by atoms with Crippen molar-refractivity contribution in [3.63, 3.8) is 0 Å². The van der Waals surface area contributed by atoms with Crippen molar-refractivity contribution in [1.82, 2.24) is 4.90 Å². The third-order valence-corrected chi connectivity index (χ3v) is 2.46. The maximum atomic E-state index is 13.1. The molecule has 0 atom stereocenters. The topological polar surface area (TPSA) is 46.3 Å². The zero-order chi connectivity index (χ0) is 12.8. The van der Waals surface area contributed by atoms with E-state index >= 15 is 0 Å². The molecule has 17 heavy (non-hydrogen) atoms. The van der Waals surface area contributed by atoms with Gasteiger partial charge < -0.3 is 10.6 Å². The molecule has 1 aliphatic rings. The first-order chi connectivity index (χ1) is 7.80. The molecule has 0 spiro atoms. The van der Waals surface area contributed by atoms with Crippen LogP contribution in [-0.4, -0.2) is 29.8 Å². The Morgan fingerprint density at radius 2 is 1.71 bits per heavy atom. The number of rotatable bonds is 1. The first-order valence-electron chi connectivity index (χ1n) is 4.72. The number of hydrogen-bond acceptors (Lipinski definition) is 2. The van der Waals surface area contributed by atoms with Gasteiger partial charge in [-0.05, 0) is 12.1 Å². The van der Waals surface area contributed by atoms with Crippen LogP contribution in [0, 0.1) is 11.6 Å². The van der Waals surface area contributed by atoms with E-state index < -0.39 is 42.2 Å². The molecule has 1 saturated heterocycles. The number of amides is 1. The van der Waals surface area contributed by atoms with Crippen LogP contribution in [0.3, 0.4) is 0 Å². The van der Waals surface area contributed by atoms with E-state index in [-0.39, 0.29) is 5.56 Å². The summed E-state index contributed by atoms with van der Waals surface area (Å²) in [5.41, 5.74) is 3.99.